The van der Waals surface area contributed by atoms with Gasteiger partial charge in [-0.25, -0.2) is 0 Å². The van der Waals surface area contributed by atoms with E-state index in [0.717, 1.165) is 28.1 Å². The standard InChI is InChI=1S/C14H13BrClN/c15-13-7-3-1-5-11(13)9-17-10-12-6-2-4-8-14(12)16/h1-8,17H,9-10H2. The van der Waals surface area contributed by atoms with Gasteiger partial charge in [-0.1, -0.05) is 63.9 Å². The van der Waals surface area contributed by atoms with Gasteiger partial charge in [-0.2, -0.15) is 0 Å². The summed E-state index contributed by atoms with van der Waals surface area (Å²) in [4.78, 5) is 0. The van der Waals surface area contributed by atoms with Crippen molar-refractivity contribution in [3.63, 3.8) is 0 Å². The quantitative estimate of drug-likeness (QED) is 0.883. The van der Waals surface area contributed by atoms with Crippen molar-refractivity contribution in [2.24, 2.45) is 0 Å². The zero-order chi connectivity index (χ0) is 12.1. The largest absolute Gasteiger partial charge is 0.309 e. The molecule has 0 unspecified atom stereocenters. The molecule has 1 nitrogen and oxygen atoms in total. The molecule has 2 rings (SSSR count). The Kier molecular flexibility index (Phi) is 4.60. The van der Waals surface area contributed by atoms with Gasteiger partial charge in [0.05, 0.1) is 0 Å². The van der Waals surface area contributed by atoms with Gasteiger partial charge in [0, 0.05) is 22.6 Å². The highest BCUT2D eigenvalue weighted by atomic mass is 79.9. The van der Waals surface area contributed by atoms with Gasteiger partial charge in [0.1, 0.15) is 0 Å². The van der Waals surface area contributed by atoms with Crippen LogP contribution in [-0.4, -0.2) is 0 Å². The predicted molar refractivity (Wildman–Crippen MR) is 76.1 cm³/mol. The second-order valence-electron chi connectivity index (χ2n) is 3.79. The summed E-state index contributed by atoms with van der Waals surface area (Å²) < 4.78 is 1.13. The highest BCUT2D eigenvalue weighted by Crippen LogP contribution is 2.17. The highest BCUT2D eigenvalue weighted by Gasteiger charge is 2.00. The van der Waals surface area contributed by atoms with Crippen molar-refractivity contribution in [3.8, 4) is 0 Å². The van der Waals surface area contributed by atoms with E-state index in [2.05, 4.69) is 27.3 Å². The molecule has 0 fully saturated rings. The second-order valence-corrected chi connectivity index (χ2v) is 5.05. The van der Waals surface area contributed by atoms with Crippen molar-refractivity contribution in [1.29, 1.82) is 0 Å². The lowest BCUT2D eigenvalue weighted by atomic mass is 10.2. The van der Waals surface area contributed by atoms with Crippen molar-refractivity contribution in [1.82, 2.24) is 5.32 Å². The number of halogens is 2. The first kappa shape index (κ1) is 12.6. The van der Waals surface area contributed by atoms with Gasteiger partial charge in [-0.15, -0.1) is 0 Å². The molecule has 2 aromatic carbocycles. The van der Waals surface area contributed by atoms with Crippen LogP contribution in [0.3, 0.4) is 0 Å². The third-order valence-corrected chi connectivity index (χ3v) is 3.69. The Morgan fingerprint density at radius 3 is 2.18 bits per heavy atom. The molecule has 0 saturated carbocycles. The van der Waals surface area contributed by atoms with Crippen molar-refractivity contribution < 1.29 is 0 Å². The van der Waals surface area contributed by atoms with E-state index in [9.17, 15) is 0 Å². The van der Waals surface area contributed by atoms with Crippen LogP contribution < -0.4 is 5.32 Å². The fraction of sp³-hybridized carbons (Fsp3) is 0.143. The molecule has 3 heteroatoms. The Hall–Kier alpha value is -0.830. The molecule has 0 aliphatic rings. The summed E-state index contributed by atoms with van der Waals surface area (Å²) in [6, 6.07) is 16.1. The van der Waals surface area contributed by atoms with E-state index < -0.39 is 0 Å². The summed E-state index contributed by atoms with van der Waals surface area (Å²) in [5.41, 5.74) is 2.38. The zero-order valence-corrected chi connectivity index (χ0v) is 11.6. The molecule has 0 bridgehead atoms. The second kappa shape index (κ2) is 6.20. The molecule has 0 heterocycles. The van der Waals surface area contributed by atoms with Gasteiger partial charge in [-0.05, 0) is 23.3 Å². The Morgan fingerprint density at radius 2 is 1.47 bits per heavy atom. The molecule has 0 atom stereocenters. The molecule has 0 aliphatic carbocycles. The summed E-state index contributed by atoms with van der Waals surface area (Å²) in [6.07, 6.45) is 0. The molecular formula is C14H13BrClN. The average Bonchev–Trinajstić information content (AvgIpc) is 2.34. The molecule has 0 aromatic heterocycles. The number of nitrogens with one attached hydrogen (secondary N) is 1. The monoisotopic (exact) mass is 309 g/mol. The minimum absolute atomic E-state index is 0.779. The molecule has 0 radical (unpaired) electrons. The van der Waals surface area contributed by atoms with Crippen molar-refractivity contribution in [2.45, 2.75) is 13.1 Å². The van der Waals surface area contributed by atoms with E-state index in [-0.39, 0.29) is 0 Å². The summed E-state index contributed by atoms with van der Waals surface area (Å²) in [6.45, 7) is 1.60. The van der Waals surface area contributed by atoms with E-state index in [0.29, 0.717) is 0 Å². The third kappa shape index (κ3) is 3.56. The lowest BCUT2D eigenvalue weighted by molar-refractivity contribution is 0.692. The smallest absolute Gasteiger partial charge is 0.0450 e. The van der Waals surface area contributed by atoms with Crippen molar-refractivity contribution in [3.05, 3.63) is 69.2 Å². The summed E-state index contributed by atoms with van der Waals surface area (Å²) in [7, 11) is 0. The van der Waals surface area contributed by atoms with Crippen LogP contribution in [0.2, 0.25) is 5.02 Å². The zero-order valence-electron chi connectivity index (χ0n) is 9.29. The average molecular weight is 311 g/mol. The van der Waals surface area contributed by atoms with Crippen LogP contribution in [0.25, 0.3) is 0 Å². The number of rotatable bonds is 4. The van der Waals surface area contributed by atoms with Crippen LogP contribution in [0.1, 0.15) is 11.1 Å². The number of benzene rings is 2. The number of hydrogen-bond donors (Lipinski definition) is 1. The van der Waals surface area contributed by atoms with E-state index in [4.69, 9.17) is 11.6 Å². The van der Waals surface area contributed by atoms with Crippen LogP contribution in [0.5, 0.6) is 0 Å². The van der Waals surface area contributed by atoms with E-state index in [1.165, 1.54) is 5.56 Å². The molecule has 17 heavy (non-hydrogen) atoms. The van der Waals surface area contributed by atoms with Gasteiger partial charge >= 0.3 is 0 Å². The lowest BCUT2D eigenvalue weighted by Gasteiger charge is -2.08. The normalized spacial score (nSPS) is 10.5. The van der Waals surface area contributed by atoms with E-state index >= 15 is 0 Å². The molecule has 0 spiro atoms. The van der Waals surface area contributed by atoms with E-state index in [1.807, 2.05) is 42.5 Å². The van der Waals surface area contributed by atoms with Gasteiger partial charge in [0.25, 0.3) is 0 Å². The highest BCUT2D eigenvalue weighted by molar-refractivity contribution is 9.10. The maximum atomic E-state index is 6.09. The molecule has 0 saturated heterocycles. The molecule has 1 N–H and O–H groups in total. The Bertz CT molecular complexity index is 454. The van der Waals surface area contributed by atoms with Crippen molar-refractivity contribution >= 4 is 27.5 Å². The Labute approximate surface area is 115 Å². The summed E-state index contributed by atoms with van der Waals surface area (Å²) in [5.74, 6) is 0. The van der Waals surface area contributed by atoms with E-state index in [1.54, 1.807) is 0 Å². The van der Waals surface area contributed by atoms with Crippen LogP contribution in [0.15, 0.2) is 53.0 Å². The molecule has 0 aliphatic heterocycles. The van der Waals surface area contributed by atoms with Crippen LogP contribution in [0, 0.1) is 0 Å². The van der Waals surface area contributed by atoms with Crippen LogP contribution >= 0.6 is 27.5 Å². The Morgan fingerprint density at radius 1 is 0.882 bits per heavy atom. The summed E-state index contributed by atoms with van der Waals surface area (Å²) in [5, 5.41) is 4.20. The van der Waals surface area contributed by atoms with Gasteiger partial charge in [0.15, 0.2) is 0 Å². The van der Waals surface area contributed by atoms with Gasteiger partial charge in [0.2, 0.25) is 0 Å². The molecule has 0 amide bonds. The fourth-order valence-electron chi connectivity index (χ4n) is 1.62. The van der Waals surface area contributed by atoms with Crippen LogP contribution in [0.4, 0.5) is 0 Å². The predicted octanol–water partition coefficient (Wildman–Crippen LogP) is 4.39. The first-order valence-corrected chi connectivity index (χ1v) is 6.62. The third-order valence-electron chi connectivity index (χ3n) is 2.55. The number of hydrogen-bond acceptors (Lipinski definition) is 1. The first-order valence-electron chi connectivity index (χ1n) is 5.45. The van der Waals surface area contributed by atoms with Gasteiger partial charge in [-0.3, -0.25) is 0 Å². The van der Waals surface area contributed by atoms with Gasteiger partial charge < -0.3 is 5.32 Å². The molecular weight excluding hydrogens is 298 g/mol. The first-order chi connectivity index (χ1) is 8.27. The minimum Gasteiger partial charge on any atom is -0.309 e. The topological polar surface area (TPSA) is 12.0 Å². The molecule has 2 aromatic rings. The Balaban J connectivity index is 1.93. The molecule has 88 valence electrons. The maximum absolute atomic E-state index is 6.09. The minimum atomic E-state index is 0.779. The van der Waals surface area contributed by atoms with Crippen LogP contribution in [-0.2, 0) is 13.1 Å². The SMILES string of the molecule is Clc1ccccc1CNCc1ccccc1Br. The van der Waals surface area contributed by atoms with Crippen molar-refractivity contribution in [2.75, 3.05) is 0 Å². The maximum Gasteiger partial charge on any atom is 0.0450 e. The lowest BCUT2D eigenvalue weighted by Crippen LogP contribution is -2.13. The fourth-order valence-corrected chi connectivity index (χ4v) is 2.24. The summed E-state index contributed by atoms with van der Waals surface area (Å²) >= 11 is 9.62.